The van der Waals surface area contributed by atoms with Crippen molar-refractivity contribution in [3.63, 3.8) is 0 Å². The Balaban J connectivity index is 1.25. The van der Waals surface area contributed by atoms with Crippen LogP contribution >= 0.6 is 0 Å². The van der Waals surface area contributed by atoms with Crippen molar-refractivity contribution in [1.29, 1.82) is 5.26 Å². The first-order valence-electron chi connectivity index (χ1n) is 17.1. The molecular weight excluding hydrogens is 607 g/mol. The van der Waals surface area contributed by atoms with Gasteiger partial charge in [-0.1, -0.05) is 98.8 Å². The Labute approximate surface area is 290 Å². The molecule has 1 aliphatic rings. The summed E-state index contributed by atoms with van der Waals surface area (Å²) in [4.78, 5) is 4.30. The zero-order chi connectivity index (χ0) is 33.6. The number of nitrogens with zero attached hydrogens (tertiary/aromatic N) is 3. The highest BCUT2D eigenvalue weighted by Crippen LogP contribution is 2.50. The fraction of sp³-hybridized carbons (Fsp3) is 0.0638. The molecule has 0 spiro atoms. The molecule has 0 saturated carbocycles. The third-order valence-electron chi connectivity index (χ3n) is 10.9. The van der Waals surface area contributed by atoms with Gasteiger partial charge in [-0.25, -0.2) is 0 Å². The third kappa shape index (κ3) is 3.94. The topological polar surface area (TPSA) is 41.6 Å². The molecule has 0 aliphatic heterocycles. The van der Waals surface area contributed by atoms with Crippen LogP contribution in [0.5, 0.6) is 0 Å². The molecule has 50 heavy (non-hydrogen) atoms. The first-order valence-corrected chi connectivity index (χ1v) is 17.1. The van der Waals surface area contributed by atoms with Crippen LogP contribution in [0.2, 0.25) is 0 Å². The predicted octanol–water partition coefficient (Wildman–Crippen LogP) is 12.0. The number of fused-ring (bicyclic) bond motifs is 8. The zero-order valence-electron chi connectivity index (χ0n) is 27.8. The van der Waals surface area contributed by atoms with Crippen LogP contribution in [0.1, 0.15) is 30.5 Å². The summed E-state index contributed by atoms with van der Waals surface area (Å²) in [5.41, 5.74) is 14.0. The van der Waals surface area contributed by atoms with E-state index in [-0.39, 0.29) is 5.41 Å². The van der Waals surface area contributed by atoms with Gasteiger partial charge >= 0.3 is 0 Å². The van der Waals surface area contributed by atoms with Crippen LogP contribution in [0.25, 0.3) is 82.4 Å². The van der Waals surface area contributed by atoms with Crippen LogP contribution in [0, 0.1) is 11.3 Å². The van der Waals surface area contributed by atoms with E-state index in [1.54, 1.807) is 0 Å². The molecule has 234 valence electrons. The van der Waals surface area contributed by atoms with Crippen molar-refractivity contribution in [3.05, 3.63) is 169 Å². The van der Waals surface area contributed by atoms with E-state index in [0.29, 0.717) is 5.56 Å². The van der Waals surface area contributed by atoms with Gasteiger partial charge in [0.05, 0.1) is 22.7 Å². The SMILES string of the molecule is CC1(C)c2ccccc2-c2ccc(-n3c4ccc(C#N)cc4c4cc(-c5c6ccccc6c(-c6ccncc6)c6ccccc56)ccc43)cc21. The number of nitriles is 1. The number of benzene rings is 7. The molecule has 0 radical (unpaired) electrons. The quantitative estimate of drug-likeness (QED) is 0.181. The maximum atomic E-state index is 9.97. The fourth-order valence-electron chi connectivity index (χ4n) is 8.63. The lowest BCUT2D eigenvalue weighted by molar-refractivity contribution is 0.660. The lowest BCUT2D eigenvalue weighted by atomic mass is 9.82. The number of hydrogen-bond acceptors (Lipinski definition) is 2. The third-order valence-corrected chi connectivity index (χ3v) is 10.9. The molecule has 0 unspecified atom stereocenters. The van der Waals surface area contributed by atoms with E-state index in [9.17, 15) is 5.26 Å². The second-order valence-corrected chi connectivity index (χ2v) is 13.9. The van der Waals surface area contributed by atoms with Crippen molar-refractivity contribution in [1.82, 2.24) is 9.55 Å². The maximum Gasteiger partial charge on any atom is 0.0991 e. The summed E-state index contributed by atoms with van der Waals surface area (Å²) in [5.74, 6) is 0. The smallest absolute Gasteiger partial charge is 0.0991 e. The van der Waals surface area contributed by atoms with E-state index >= 15 is 0 Å². The van der Waals surface area contributed by atoms with Crippen LogP contribution < -0.4 is 0 Å². The highest BCUT2D eigenvalue weighted by molar-refractivity contribution is 6.22. The lowest BCUT2D eigenvalue weighted by Gasteiger charge is -2.22. The molecule has 0 saturated heterocycles. The number of hydrogen-bond donors (Lipinski definition) is 0. The normalized spacial score (nSPS) is 13.1. The largest absolute Gasteiger partial charge is 0.309 e. The Kier molecular flexibility index (Phi) is 5.99. The Bertz CT molecular complexity index is 2850. The average Bonchev–Trinajstić information content (AvgIpc) is 3.61. The van der Waals surface area contributed by atoms with Crippen LogP contribution in [-0.4, -0.2) is 9.55 Å². The van der Waals surface area contributed by atoms with Crippen LogP contribution in [0.15, 0.2) is 152 Å². The summed E-state index contributed by atoms with van der Waals surface area (Å²) in [5, 5.41) is 17.0. The van der Waals surface area contributed by atoms with Gasteiger partial charge < -0.3 is 4.57 Å². The minimum Gasteiger partial charge on any atom is -0.309 e. The van der Waals surface area contributed by atoms with E-state index in [0.717, 1.165) is 38.6 Å². The molecule has 0 N–H and O–H groups in total. The van der Waals surface area contributed by atoms with E-state index < -0.39 is 0 Å². The van der Waals surface area contributed by atoms with Crippen molar-refractivity contribution < 1.29 is 0 Å². The molecule has 3 nitrogen and oxygen atoms in total. The summed E-state index contributed by atoms with van der Waals surface area (Å²) in [6, 6.07) is 52.7. The summed E-state index contributed by atoms with van der Waals surface area (Å²) in [6.45, 7) is 4.65. The van der Waals surface area contributed by atoms with Crippen molar-refractivity contribution in [2.45, 2.75) is 19.3 Å². The molecule has 0 amide bonds. The highest BCUT2D eigenvalue weighted by atomic mass is 15.0. The first kappa shape index (κ1) is 28.5. The molecule has 2 aromatic heterocycles. The van der Waals surface area contributed by atoms with Gasteiger partial charge in [0.25, 0.3) is 0 Å². The van der Waals surface area contributed by atoms with Gasteiger partial charge in [0.1, 0.15) is 0 Å². The number of aromatic nitrogens is 2. The van der Waals surface area contributed by atoms with Gasteiger partial charge in [0.15, 0.2) is 0 Å². The van der Waals surface area contributed by atoms with Crippen molar-refractivity contribution in [3.8, 4) is 45.1 Å². The summed E-state index contributed by atoms with van der Waals surface area (Å²) >= 11 is 0. The zero-order valence-corrected chi connectivity index (χ0v) is 27.8. The minimum absolute atomic E-state index is 0.105. The molecule has 0 bridgehead atoms. The lowest BCUT2D eigenvalue weighted by Crippen LogP contribution is -2.15. The van der Waals surface area contributed by atoms with Crippen LogP contribution in [0.3, 0.4) is 0 Å². The Morgan fingerprint density at radius 3 is 1.78 bits per heavy atom. The molecule has 2 heterocycles. The second kappa shape index (κ2) is 10.5. The standard InChI is InChI=1S/C47H31N3/c1-47(2)41-14-8-7-9-33(41)34-18-17-32(27-42(34)47)50-43-19-15-29(28-48)25-39(43)40-26-31(16-20-44(40)50)46-37-12-5-3-10-35(37)45(30-21-23-49-24-22-30)36-11-4-6-13-38(36)46/h3-27H,1-2H3. The molecule has 3 heteroatoms. The Morgan fingerprint density at radius 1 is 0.520 bits per heavy atom. The molecule has 7 aromatic carbocycles. The van der Waals surface area contributed by atoms with Crippen LogP contribution in [0.4, 0.5) is 0 Å². The van der Waals surface area contributed by atoms with Crippen molar-refractivity contribution in [2.24, 2.45) is 0 Å². The van der Waals surface area contributed by atoms with Crippen molar-refractivity contribution in [2.75, 3.05) is 0 Å². The van der Waals surface area contributed by atoms with E-state index in [2.05, 4.69) is 157 Å². The van der Waals surface area contributed by atoms with E-state index in [1.165, 1.54) is 54.9 Å². The molecule has 0 atom stereocenters. The van der Waals surface area contributed by atoms with E-state index in [4.69, 9.17) is 0 Å². The van der Waals surface area contributed by atoms with Gasteiger partial charge in [0.2, 0.25) is 0 Å². The first-order chi connectivity index (χ1) is 24.5. The van der Waals surface area contributed by atoms with Gasteiger partial charge in [-0.3, -0.25) is 4.98 Å². The summed E-state index contributed by atoms with van der Waals surface area (Å²) < 4.78 is 2.37. The maximum absolute atomic E-state index is 9.97. The van der Waals surface area contributed by atoms with E-state index in [1.807, 2.05) is 24.5 Å². The molecule has 1 aliphatic carbocycles. The van der Waals surface area contributed by atoms with Crippen molar-refractivity contribution >= 4 is 43.4 Å². The Morgan fingerprint density at radius 2 is 1.10 bits per heavy atom. The number of rotatable bonds is 3. The monoisotopic (exact) mass is 637 g/mol. The summed E-state index contributed by atoms with van der Waals surface area (Å²) in [6.07, 6.45) is 3.74. The minimum atomic E-state index is -0.105. The van der Waals surface area contributed by atoms with Gasteiger partial charge in [0, 0.05) is 34.3 Å². The predicted molar refractivity (Wildman–Crippen MR) is 207 cm³/mol. The molecular formula is C47H31N3. The molecule has 9 aromatic rings. The highest BCUT2D eigenvalue weighted by Gasteiger charge is 2.35. The van der Waals surface area contributed by atoms with Crippen LogP contribution in [-0.2, 0) is 5.41 Å². The van der Waals surface area contributed by atoms with Gasteiger partial charge in [-0.2, -0.15) is 5.26 Å². The van der Waals surface area contributed by atoms with Gasteiger partial charge in [-0.15, -0.1) is 0 Å². The second-order valence-electron chi connectivity index (χ2n) is 13.9. The molecule has 10 rings (SSSR count). The average molecular weight is 638 g/mol. The van der Waals surface area contributed by atoms with Gasteiger partial charge in [-0.05, 0) is 121 Å². The molecule has 0 fully saturated rings. The summed E-state index contributed by atoms with van der Waals surface area (Å²) in [7, 11) is 0. The number of pyridine rings is 1. The fourth-order valence-corrected chi connectivity index (χ4v) is 8.63. The Hall–Kier alpha value is -6.50.